The van der Waals surface area contributed by atoms with Gasteiger partial charge in [0.15, 0.2) is 11.6 Å². The molecule has 12 heavy (non-hydrogen) atoms. The van der Waals surface area contributed by atoms with Crippen LogP contribution in [0.1, 0.15) is 0 Å². The minimum Gasteiger partial charge on any atom is -0.488 e. The molecule has 0 aliphatic heterocycles. The molecule has 1 aromatic carbocycles. The summed E-state index contributed by atoms with van der Waals surface area (Å²) in [5.41, 5.74) is 5.21. The fourth-order valence-electron chi connectivity index (χ4n) is 0.781. The topological polar surface area (TPSA) is 35.2 Å². The molecule has 0 heterocycles. The number of nitrogens with two attached hydrogens (primary N) is 1. The molecule has 0 aromatic heterocycles. The predicted molar refractivity (Wildman–Crippen MR) is 48.6 cm³/mol. The van der Waals surface area contributed by atoms with E-state index in [-0.39, 0.29) is 11.6 Å². The molecule has 4 heteroatoms. The highest BCUT2D eigenvalue weighted by Gasteiger charge is 2.05. The highest BCUT2D eigenvalue weighted by atomic mass is 79.9. The molecular formula is C8H9BrFNO. The zero-order valence-electron chi connectivity index (χ0n) is 6.39. The second-order valence-electron chi connectivity index (χ2n) is 2.19. The normalized spacial score (nSPS) is 9.92. The first-order valence-electron chi connectivity index (χ1n) is 3.52. The minimum atomic E-state index is -0.377. The van der Waals surface area contributed by atoms with E-state index >= 15 is 0 Å². The molecule has 1 aromatic rings. The van der Waals surface area contributed by atoms with Gasteiger partial charge in [0, 0.05) is 6.54 Å². The van der Waals surface area contributed by atoms with Crippen LogP contribution < -0.4 is 10.5 Å². The van der Waals surface area contributed by atoms with Crippen molar-refractivity contribution >= 4 is 15.9 Å². The van der Waals surface area contributed by atoms with E-state index in [1.54, 1.807) is 12.1 Å². The summed E-state index contributed by atoms with van der Waals surface area (Å²) in [6.07, 6.45) is 0. The number of hydrogen-bond acceptors (Lipinski definition) is 2. The Kier molecular flexibility index (Phi) is 3.49. The third kappa shape index (κ3) is 2.19. The van der Waals surface area contributed by atoms with Gasteiger partial charge in [-0.3, -0.25) is 0 Å². The maximum Gasteiger partial charge on any atom is 0.169 e. The number of halogens is 2. The number of ether oxygens (including phenoxy) is 1. The van der Waals surface area contributed by atoms with Crippen molar-refractivity contribution < 1.29 is 9.13 Å². The van der Waals surface area contributed by atoms with Crippen molar-refractivity contribution in [3.8, 4) is 5.75 Å². The third-order valence-corrected chi connectivity index (χ3v) is 1.91. The van der Waals surface area contributed by atoms with E-state index < -0.39 is 0 Å². The molecule has 0 saturated carbocycles. The van der Waals surface area contributed by atoms with Crippen LogP contribution in [0.25, 0.3) is 0 Å². The first-order valence-corrected chi connectivity index (χ1v) is 4.32. The lowest BCUT2D eigenvalue weighted by Gasteiger charge is -2.06. The molecule has 0 bridgehead atoms. The summed E-state index contributed by atoms with van der Waals surface area (Å²) in [5, 5.41) is 0. The smallest absolute Gasteiger partial charge is 0.169 e. The van der Waals surface area contributed by atoms with Crippen LogP contribution in [-0.2, 0) is 0 Å². The fourth-order valence-corrected chi connectivity index (χ4v) is 1.24. The molecular weight excluding hydrogens is 225 g/mol. The summed E-state index contributed by atoms with van der Waals surface area (Å²) < 4.78 is 18.7. The van der Waals surface area contributed by atoms with E-state index in [2.05, 4.69) is 15.9 Å². The van der Waals surface area contributed by atoms with Crippen molar-refractivity contribution in [1.82, 2.24) is 0 Å². The maximum absolute atomic E-state index is 13.0. The van der Waals surface area contributed by atoms with Gasteiger partial charge >= 0.3 is 0 Å². The first-order chi connectivity index (χ1) is 5.75. The van der Waals surface area contributed by atoms with Gasteiger partial charge < -0.3 is 10.5 Å². The Morgan fingerprint density at radius 3 is 2.83 bits per heavy atom. The van der Waals surface area contributed by atoms with E-state index in [1.807, 2.05) is 0 Å². The van der Waals surface area contributed by atoms with E-state index in [4.69, 9.17) is 10.5 Å². The standard InChI is InChI=1S/C8H9BrFNO/c9-6-2-1-3-7(10)8(6)12-5-4-11/h1-3H,4-5,11H2. The van der Waals surface area contributed by atoms with Crippen molar-refractivity contribution in [2.24, 2.45) is 5.73 Å². The lowest BCUT2D eigenvalue weighted by Crippen LogP contribution is -2.11. The zero-order valence-corrected chi connectivity index (χ0v) is 7.97. The van der Waals surface area contributed by atoms with Crippen molar-refractivity contribution in [1.29, 1.82) is 0 Å². The van der Waals surface area contributed by atoms with Crippen LogP contribution >= 0.6 is 15.9 Å². The molecule has 2 N–H and O–H groups in total. The van der Waals surface area contributed by atoms with Crippen LogP contribution in [0, 0.1) is 5.82 Å². The molecule has 0 saturated heterocycles. The van der Waals surface area contributed by atoms with Gasteiger partial charge in [0.05, 0.1) is 4.47 Å². The lowest BCUT2D eigenvalue weighted by molar-refractivity contribution is 0.309. The Hall–Kier alpha value is -0.610. The van der Waals surface area contributed by atoms with Crippen molar-refractivity contribution in [2.75, 3.05) is 13.2 Å². The average Bonchev–Trinajstić information content (AvgIpc) is 2.04. The molecule has 0 radical (unpaired) electrons. The molecule has 0 aliphatic rings. The number of rotatable bonds is 3. The Bertz CT molecular complexity index is 247. The van der Waals surface area contributed by atoms with Crippen LogP contribution in [0.2, 0.25) is 0 Å². The Labute approximate surface area is 78.6 Å². The van der Waals surface area contributed by atoms with Crippen LogP contribution in [0.3, 0.4) is 0 Å². The third-order valence-electron chi connectivity index (χ3n) is 1.28. The summed E-state index contributed by atoms with van der Waals surface area (Å²) in [7, 11) is 0. The summed E-state index contributed by atoms with van der Waals surface area (Å²) in [6, 6.07) is 4.67. The molecule has 0 unspecified atom stereocenters. The van der Waals surface area contributed by atoms with Crippen LogP contribution in [0.4, 0.5) is 4.39 Å². The van der Waals surface area contributed by atoms with Crippen LogP contribution in [0.5, 0.6) is 5.75 Å². The number of para-hydroxylation sites is 1. The highest BCUT2D eigenvalue weighted by molar-refractivity contribution is 9.10. The molecule has 0 amide bonds. The van der Waals surface area contributed by atoms with Gasteiger partial charge in [0.2, 0.25) is 0 Å². The zero-order chi connectivity index (χ0) is 8.97. The molecule has 0 fully saturated rings. The SMILES string of the molecule is NCCOc1c(F)cccc1Br. The fraction of sp³-hybridized carbons (Fsp3) is 0.250. The number of benzene rings is 1. The minimum absolute atomic E-state index is 0.225. The summed E-state index contributed by atoms with van der Waals surface area (Å²) in [5.74, 6) is -0.152. The van der Waals surface area contributed by atoms with Gasteiger partial charge in [0.1, 0.15) is 6.61 Å². The van der Waals surface area contributed by atoms with Gasteiger partial charge in [-0.05, 0) is 28.1 Å². The Morgan fingerprint density at radius 1 is 1.50 bits per heavy atom. The molecule has 0 aliphatic carbocycles. The predicted octanol–water partition coefficient (Wildman–Crippen LogP) is 1.93. The largest absolute Gasteiger partial charge is 0.488 e. The lowest BCUT2D eigenvalue weighted by atomic mass is 10.3. The summed E-state index contributed by atoms with van der Waals surface area (Å²) in [4.78, 5) is 0. The second kappa shape index (κ2) is 4.42. The van der Waals surface area contributed by atoms with Crippen LogP contribution in [0.15, 0.2) is 22.7 Å². The first kappa shape index (κ1) is 9.48. The molecule has 2 nitrogen and oxygen atoms in total. The Balaban J connectivity index is 2.81. The summed E-state index contributed by atoms with van der Waals surface area (Å²) >= 11 is 3.17. The Morgan fingerprint density at radius 2 is 2.25 bits per heavy atom. The van der Waals surface area contributed by atoms with Gasteiger partial charge in [-0.15, -0.1) is 0 Å². The van der Waals surface area contributed by atoms with Gasteiger partial charge in [-0.1, -0.05) is 6.07 Å². The maximum atomic E-state index is 13.0. The molecule has 1 rings (SSSR count). The molecule has 0 spiro atoms. The monoisotopic (exact) mass is 233 g/mol. The van der Waals surface area contributed by atoms with Gasteiger partial charge in [-0.2, -0.15) is 0 Å². The van der Waals surface area contributed by atoms with Crippen molar-refractivity contribution in [3.05, 3.63) is 28.5 Å². The highest BCUT2D eigenvalue weighted by Crippen LogP contribution is 2.27. The second-order valence-corrected chi connectivity index (χ2v) is 3.04. The van der Waals surface area contributed by atoms with Gasteiger partial charge in [0.25, 0.3) is 0 Å². The summed E-state index contributed by atoms with van der Waals surface area (Å²) in [6.45, 7) is 0.695. The van der Waals surface area contributed by atoms with Crippen molar-refractivity contribution in [2.45, 2.75) is 0 Å². The van der Waals surface area contributed by atoms with E-state index in [0.29, 0.717) is 17.6 Å². The van der Waals surface area contributed by atoms with E-state index in [0.717, 1.165) is 0 Å². The van der Waals surface area contributed by atoms with E-state index in [1.165, 1.54) is 6.07 Å². The van der Waals surface area contributed by atoms with Crippen LogP contribution in [-0.4, -0.2) is 13.2 Å². The van der Waals surface area contributed by atoms with Gasteiger partial charge in [-0.25, -0.2) is 4.39 Å². The van der Waals surface area contributed by atoms with E-state index in [9.17, 15) is 4.39 Å². The quantitative estimate of drug-likeness (QED) is 0.867. The molecule has 0 atom stereocenters. The van der Waals surface area contributed by atoms with Crippen molar-refractivity contribution in [3.63, 3.8) is 0 Å². The number of hydrogen-bond donors (Lipinski definition) is 1. The average molecular weight is 234 g/mol. The molecule has 66 valence electrons.